The van der Waals surface area contributed by atoms with Gasteiger partial charge in [0, 0.05) is 19.4 Å². The number of esters is 2. The monoisotopic (exact) mass is 925 g/mol. The van der Waals surface area contributed by atoms with Crippen LogP contribution in [0.2, 0.25) is 0 Å². The van der Waals surface area contributed by atoms with Gasteiger partial charge in [-0.3, -0.25) is 9.59 Å². The lowest BCUT2D eigenvalue weighted by molar-refractivity contribution is -0.163. The standard InChI is InChI=1S/C61H112O5/c1-4-7-10-13-16-19-22-25-28-30-32-35-38-41-44-47-50-53-56-64-57-59(66-61(63)55-52-49-46-43-40-37-33-27-24-21-18-15-12-9-6-3)58-65-60(62)54-51-48-45-42-39-36-34-31-29-26-23-20-17-14-11-8-5-2/h17,20,25-29,33,59H,4-16,18-19,21-24,30-32,34-58H2,1-3H3/b20-17-,28-25-,29-26-,33-27-. The fourth-order valence-electron chi connectivity index (χ4n) is 8.41. The summed E-state index contributed by atoms with van der Waals surface area (Å²) in [5.74, 6) is -0.404. The second-order valence-corrected chi connectivity index (χ2v) is 19.5. The van der Waals surface area contributed by atoms with Gasteiger partial charge in [0.1, 0.15) is 6.61 Å². The first kappa shape index (κ1) is 63.9. The van der Waals surface area contributed by atoms with Crippen molar-refractivity contribution in [3.05, 3.63) is 48.6 Å². The van der Waals surface area contributed by atoms with Crippen LogP contribution in [0.4, 0.5) is 0 Å². The molecule has 0 saturated carbocycles. The molecule has 0 aliphatic rings. The van der Waals surface area contributed by atoms with Crippen molar-refractivity contribution in [1.29, 1.82) is 0 Å². The maximum absolute atomic E-state index is 12.9. The highest BCUT2D eigenvalue weighted by Gasteiger charge is 2.17. The molecule has 0 spiro atoms. The third-order valence-corrected chi connectivity index (χ3v) is 12.8. The lowest BCUT2D eigenvalue weighted by Crippen LogP contribution is -2.30. The summed E-state index contributed by atoms with van der Waals surface area (Å²) in [5, 5.41) is 0. The van der Waals surface area contributed by atoms with E-state index in [1.807, 2.05) is 0 Å². The van der Waals surface area contributed by atoms with Crippen LogP contribution in [0.25, 0.3) is 0 Å². The predicted octanol–water partition coefficient (Wildman–Crippen LogP) is 19.9. The zero-order chi connectivity index (χ0) is 47.7. The summed E-state index contributed by atoms with van der Waals surface area (Å²) in [6.45, 7) is 7.82. The van der Waals surface area contributed by atoms with Gasteiger partial charge >= 0.3 is 11.9 Å². The topological polar surface area (TPSA) is 61.8 Å². The molecule has 0 aliphatic heterocycles. The van der Waals surface area contributed by atoms with Crippen molar-refractivity contribution in [2.75, 3.05) is 19.8 Å². The van der Waals surface area contributed by atoms with Crippen LogP contribution in [0.15, 0.2) is 48.6 Å². The molecule has 0 bridgehead atoms. The largest absolute Gasteiger partial charge is 0.462 e. The third kappa shape index (κ3) is 54.5. The number of rotatable bonds is 54. The van der Waals surface area contributed by atoms with Gasteiger partial charge < -0.3 is 14.2 Å². The summed E-state index contributed by atoms with van der Waals surface area (Å²) in [7, 11) is 0. The van der Waals surface area contributed by atoms with Crippen LogP contribution in [0, 0.1) is 0 Å². The van der Waals surface area contributed by atoms with Crippen LogP contribution in [0.5, 0.6) is 0 Å². The Morgan fingerprint density at radius 2 is 0.636 bits per heavy atom. The van der Waals surface area contributed by atoms with Crippen molar-refractivity contribution in [3.8, 4) is 0 Å². The zero-order valence-corrected chi connectivity index (χ0v) is 44.5. The van der Waals surface area contributed by atoms with E-state index in [-0.39, 0.29) is 25.2 Å². The number of hydrogen-bond acceptors (Lipinski definition) is 5. The number of carbonyl (C=O) groups is 2. The molecule has 1 unspecified atom stereocenters. The number of hydrogen-bond donors (Lipinski definition) is 0. The first-order chi connectivity index (χ1) is 32.6. The van der Waals surface area contributed by atoms with Crippen LogP contribution in [-0.2, 0) is 23.8 Å². The van der Waals surface area contributed by atoms with Crippen molar-refractivity contribution < 1.29 is 23.8 Å². The summed E-state index contributed by atoms with van der Waals surface area (Å²) >= 11 is 0. The lowest BCUT2D eigenvalue weighted by atomic mass is 10.1. The molecule has 0 N–H and O–H groups in total. The van der Waals surface area contributed by atoms with E-state index < -0.39 is 6.10 Å². The molecule has 0 amide bonds. The van der Waals surface area contributed by atoms with E-state index in [1.165, 1.54) is 205 Å². The molecule has 386 valence electrons. The van der Waals surface area contributed by atoms with Gasteiger partial charge in [-0.1, -0.05) is 236 Å². The third-order valence-electron chi connectivity index (χ3n) is 12.8. The second-order valence-electron chi connectivity index (χ2n) is 19.5. The Morgan fingerprint density at radius 1 is 0.333 bits per heavy atom. The van der Waals surface area contributed by atoms with Gasteiger partial charge in [-0.15, -0.1) is 0 Å². The van der Waals surface area contributed by atoms with Crippen molar-refractivity contribution in [2.24, 2.45) is 0 Å². The predicted molar refractivity (Wildman–Crippen MR) is 288 cm³/mol. The van der Waals surface area contributed by atoms with E-state index in [1.54, 1.807) is 0 Å². The molecule has 0 radical (unpaired) electrons. The molecule has 0 fully saturated rings. The molecule has 5 heteroatoms. The fraction of sp³-hybridized carbons (Fsp3) is 0.836. The minimum absolute atomic E-state index is 0.0789. The van der Waals surface area contributed by atoms with Gasteiger partial charge in [0.15, 0.2) is 6.10 Å². The molecule has 0 heterocycles. The summed E-state index contributed by atoms with van der Waals surface area (Å²) in [4.78, 5) is 25.5. The number of carbonyl (C=O) groups excluding carboxylic acids is 2. The highest BCUT2D eigenvalue weighted by atomic mass is 16.6. The molecule has 0 aromatic carbocycles. The summed E-state index contributed by atoms with van der Waals surface area (Å²) in [6, 6.07) is 0. The van der Waals surface area contributed by atoms with Crippen molar-refractivity contribution in [1.82, 2.24) is 0 Å². The second kappa shape index (κ2) is 57.2. The Bertz CT molecular complexity index is 1090. The molecule has 66 heavy (non-hydrogen) atoms. The van der Waals surface area contributed by atoms with E-state index in [2.05, 4.69) is 69.4 Å². The molecular weight excluding hydrogens is 813 g/mol. The van der Waals surface area contributed by atoms with Crippen LogP contribution >= 0.6 is 0 Å². The minimum Gasteiger partial charge on any atom is -0.462 e. The summed E-state index contributed by atoms with van der Waals surface area (Å²) in [6.07, 6.45) is 71.3. The fourth-order valence-corrected chi connectivity index (χ4v) is 8.41. The van der Waals surface area contributed by atoms with Crippen LogP contribution in [-0.4, -0.2) is 37.9 Å². The average Bonchev–Trinajstić information content (AvgIpc) is 3.32. The van der Waals surface area contributed by atoms with Crippen molar-refractivity contribution >= 4 is 11.9 Å². The van der Waals surface area contributed by atoms with E-state index in [9.17, 15) is 9.59 Å². The van der Waals surface area contributed by atoms with Crippen molar-refractivity contribution in [2.45, 2.75) is 309 Å². The smallest absolute Gasteiger partial charge is 0.306 e. The molecule has 5 nitrogen and oxygen atoms in total. The average molecular weight is 926 g/mol. The quantitative estimate of drug-likeness (QED) is 0.0345. The number of allylic oxidation sites excluding steroid dienone is 8. The van der Waals surface area contributed by atoms with Gasteiger partial charge in [-0.2, -0.15) is 0 Å². The Labute approximate surface area is 412 Å². The Balaban J connectivity index is 4.27. The highest BCUT2D eigenvalue weighted by molar-refractivity contribution is 5.70. The van der Waals surface area contributed by atoms with E-state index in [0.717, 1.165) is 64.2 Å². The maximum atomic E-state index is 12.9. The van der Waals surface area contributed by atoms with E-state index in [0.29, 0.717) is 19.4 Å². The van der Waals surface area contributed by atoms with Gasteiger partial charge in [0.2, 0.25) is 0 Å². The minimum atomic E-state index is -0.545. The molecule has 0 rings (SSSR count). The zero-order valence-electron chi connectivity index (χ0n) is 44.5. The van der Waals surface area contributed by atoms with Gasteiger partial charge in [0.25, 0.3) is 0 Å². The Hall–Kier alpha value is -2.14. The molecule has 1 atom stereocenters. The molecule has 0 aromatic rings. The molecule has 0 saturated heterocycles. The molecular formula is C61H112O5. The van der Waals surface area contributed by atoms with Crippen LogP contribution in [0.1, 0.15) is 303 Å². The SMILES string of the molecule is CCCCC/C=C\C/C=C\CCCCCCCCCC(=O)OCC(COCCCCCCCCCC/C=C\CCCCCCCC)OC(=O)CCCCCCC/C=C\CCCCCCCC. The molecule has 0 aliphatic carbocycles. The Morgan fingerprint density at radius 3 is 1.05 bits per heavy atom. The Kier molecular flexibility index (Phi) is 55.3. The van der Waals surface area contributed by atoms with Gasteiger partial charge in [0.05, 0.1) is 6.61 Å². The molecule has 0 aromatic heterocycles. The van der Waals surface area contributed by atoms with E-state index >= 15 is 0 Å². The van der Waals surface area contributed by atoms with Crippen molar-refractivity contribution in [3.63, 3.8) is 0 Å². The highest BCUT2D eigenvalue weighted by Crippen LogP contribution is 2.15. The first-order valence-electron chi connectivity index (χ1n) is 29.2. The normalized spacial score (nSPS) is 12.5. The van der Waals surface area contributed by atoms with E-state index in [4.69, 9.17) is 14.2 Å². The lowest BCUT2D eigenvalue weighted by Gasteiger charge is -2.18. The van der Waals surface area contributed by atoms with Gasteiger partial charge in [-0.25, -0.2) is 0 Å². The summed E-state index contributed by atoms with van der Waals surface area (Å²) < 4.78 is 17.5. The number of ether oxygens (including phenoxy) is 3. The van der Waals surface area contributed by atoms with Crippen LogP contribution in [0.3, 0.4) is 0 Å². The first-order valence-corrected chi connectivity index (χ1v) is 29.2. The summed E-state index contributed by atoms with van der Waals surface area (Å²) in [5.41, 5.74) is 0. The van der Waals surface area contributed by atoms with Gasteiger partial charge in [-0.05, 0) is 103 Å². The maximum Gasteiger partial charge on any atom is 0.306 e. The van der Waals surface area contributed by atoms with Crippen LogP contribution < -0.4 is 0 Å². The number of unbranched alkanes of at least 4 members (excludes halogenated alkanes) is 35.